The maximum Gasteiger partial charge on any atom is 0.321 e. The highest BCUT2D eigenvalue weighted by atomic mass is 16.5. The molecule has 1 unspecified atom stereocenters. The summed E-state index contributed by atoms with van der Waals surface area (Å²) in [4.78, 5) is 19.5. The monoisotopic (exact) mass is 388 g/mol. The van der Waals surface area contributed by atoms with Crippen molar-refractivity contribution in [3.05, 3.63) is 29.3 Å². The fourth-order valence-electron chi connectivity index (χ4n) is 4.08. The van der Waals surface area contributed by atoms with Gasteiger partial charge in [-0.3, -0.25) is 9.80 Å². The van der Waals surface area contributed by atoms with Crippen LogP contribution in [0, 0.1) is 6.92 Å². The van der Waals surface area contributed by atoms with Crippen LogP contribution in [0.15, 0.2) is 18.2 Å². The molecule has 0 radical (unpaired) electrons. The summed E-state index contributed by atoms with van der Waals surface area (Å²) >= 11 is 0. The number of amides is 2. The predicted molar refractivity (Wildman–Crippen MR) is 114 cm³/mol. The highest BCUT2D eigenvalue weighted by Crippen LogP contribution is 2.17. The first-order valence-corrected chi connectivity index (χ1v) is 10.7. The number of nitrogens with zero attached hydrogens (tertiary/aromatic N) is 3. The zero-order chi connectivity index (χ0) is 20.1. The highest BCUT2D eigenvalue weighted by Gasteiger charge is 2.27. The van der Waals surface area contributed by atoms with Crippen molar-refractivity contribution in [1.29, 1.82) is 0 Å². The van der Waals surface area contributed by atoms with Gasteiger partial charge in [-0.05, 0) is 50.5 Å². The molecule has 0 spiro atoms. The third-order valence-electron chi connectivity index (χ3n) is 6.00. The van der Waals surface area contributed by atoms with Crippen molar-refractivity contribution in [3.63, 3.8) is 0 Å². The molecule has 1 aromatic rings. The van der Waals surface area contributed by atoms with E-state index < -0.39 is 0 Å². The Balaban J connectivity index is 1.45. The molecule has 1 N–H and O–H groups in total. The average molecular weight is 389 g/mol. The van der Waals surface area contributed by atoms with Crippen LogP contribution in [0.2, 0.25) is 0 Å². The van der Waals surface area contributed by atoms with E-state index in [0.717, 1.165) is 64.5 Å². The van der Waals surface area contributed by atoms with Crippen molar-refractivity contribution in [3.8, 4) is 0 Å². The van der Waals surface area contributed by atoms with Crippen LogP contribution in [0.3, 0.4) is 0 Å². The molecule has 3 rings (SSSR count). The van der Waals surface area contributed by atoms with Crippen LogP contribution in [0.4, 0.5) is 10.5 Å². The topological polar surface area (TPSA) is 48.1 Å². The fourth-order valence-corrected chi connectivity index (χ4v) is 4.08. The second-order valence-electron chi connectivity index (χ2n) is 8.29. The molecular weight excluding hydrogens is 352 g/mol. The predicted octanol–water partition coefficient (Wildman–Crippen LogP) is 2.82. The molecule has 2 aliphatic heterocycles. The minimum Gasteiger partial charge on any atom is -0.374 e. The first kappa shape index (κ1) is 21.1. The number of morpholine rings is 1. The molecule has 6 heteroatoms. The molecule has 2 amide bonds. The fraction of sp³-hybridized carbons (Fsp3) is 0.682. The molecule has 0 aliphatic carbocycles. The Hall–Kier alpha value is -1.63. The molecule has 156 valence electrons. The van der Waals surface area contributed by atoms with Crippen LogP contribution in [0.1, 0.15) is 31.9 Å². The smallest absolute Gasteiger partial charge is 0.321 e. The van der Waals surface area contributed by atoms with Gasteiger partial charge < -0.3 is 15.0 Å². The molecule has 2 heterocycles. The SMILES string of the molecule is CCc1cc(NC(=O)N2CCN(CC3CN(C(C)C)CCO3)CC2)ccc1C. The third-order valence-corrected chi connectivity index (χ3v) is 6.00. The lowest BCUT2D eigenvalue weighted by molar-refractivity contribution is -0.0551. The van der Waals surface area contributed by atoms with Gasteiger partial charge in [-0.15, -0.1) is 0 Å². The molecule has 0 aromatic heterocycles. The maximum absolute atomic E-state index is 12.6. The van der Waals surface area contributed by atoms with E-state index >= 15 is 0 Å². The van der Waals surface area contributed by atoms with Gasteiger partial charge in [0.25, 0.3) is 0 Å². The summed E-state index contributed by atoms with van der Waals surface area (Å²) in [5.41, 5.74) is 3.44. The Labute approximate surface area is 169 Å². The van der Waals surface area contributed by atoms with Gasteiger partial charge >= 0.3 is 6.03 Å². The zero-order valence-corrected chi connectivity index (χ0v) is 17.9. The lowest BCUT2D eigenvalue weighted by atomic mass is 10.1. The molecule has 2 aliphatic rings. The molecule has 0 bridgehead atoms. The number of urea groups is 1. The number of benzene rings is 1. The maximum atomic E-state index is 12.6. The third kappa shape index (κ3) is 5.46. The summed E-state index contributed by atoms with van der Waals surface area (Å²) in [7, 11) is 0. The minimum absolute atomic E-state index is 0.00505. The van der Waals surface area contributed by atoms with Gasteiger partial charge in [0.2, 0.25) is 0 Å². The molecule has 0 saturated carbocycles. The van der Waals surface area contributed by atoms with Gasteiger partial charge in [-0.25, -0.2) is 4.79 Å². The Morgan fingerprint density at radius 1 is 1.21 bits per heavy atom. The Morgan fingerprint density at radius 3 is 2.64 bits per heavy atom. The Morgan fingerprint density at radius 2 is 1.96 bits per heavy atom. The summed E-state index contributed by atoms with van der Waals surface area (Å²) in [5, 5.41) is 3.07. The van der Waals surface area contributed by atoms with Crippen LogP contribution >= 0.6 is 0 Å². The summed E-state index contributed by atoms with van der Waals surface area (Å²) in [5.74, 6) is 0. The highest BCUT2D eigenvalue weighted by molar-refractivity contribution is 5.89. The normalized spacial score (nSPS) is 21.9. The number of hydrogen-bond acceptors (Lipinski definition) is 4. The molecule has 2 saturated heterocycles. The van der Waals surface area contributed by atoms with Crippen molar-refractivity contribution in [2.24, 2.45) is 0 Å². The van der Waals surface area contributed by atoms with Crippen molar-refractivity contribution in [1.82, 2.24) is 14.7 Å². The van der Waals surface area contributed by atoms with Gasteiger partial charge in [0.1, 0.15) is 0 Å². The van der Waals surface area contributed by atoms with Gasteiger partial charge in [-0.2, -0.15) is 0 Å². The molecular formula is C22H36N4O2. The van der Waals surface area contributed by atoms with E-state index in [0.29, 0.717) is 6.04 Å². The van der Waals surface area contributed by atoms with E-state index in [9.17, 15) is 4.79 Å². The van der Waals surface area contributed by atoms with Gasteiger partial charge in [-0.1, -0.05) is 13.0 Å². The van der Waals surface area contributed by atoms with Crippen molar-refractivity contribution < 1.29 is 9.53 Å². The molecule has 28 heavy (non-hydrogen) atoms. The lowest BCUT2D eigenvalue weighted by Crippen LogP contribution is -2.54. The van der Waals surface area contributed by atoms with E-state index in [-0.39, 0.29) is 12.1 Å². The quantitative estimate of drug-likeness (QED) is 0.843. The number of carbonyl (C=O) groups is 1. The number of piperazine rings is 1. The Bertz CT molecular complexity index is 656. The van der Waals surface area contributed by atoms with E-state index in [2.05, 4.69) is 54.9 Å². The number of rotatable bonds is 5. The largest absolute Gasteiger partial charge is 0.374 e. The van der Waals surface area contributed by atoms with E-state index in [1.54, 1.807) is 0 Å². The zero-order valence-electron chi connectivity index (χ0n) is 17.9. The van der Waals surface area contributed by atoms with Crippen molar-refractivity contribution in [2.45, 2.75) is 46.3 Å². The number of carbonyl (C=O) groups excluding carboxylic acids is 1. The summed E-state index contributed by atoms with van der Waals surface area (Å²) < 4.78 is 5.97. The number of ether oxygens (including phenoxy) is 1. The second-order valence-corrected chi connectivity index (χ2v) is 8.29. The van der Waals surface area contributed by atoms with Crippen LogP contribution in [-0.4, -0.2) is 85.3 Å². The van der Waals surface area contributed by atoms with E-state index in [1.165, 1.54) is 11.1 Å². The first-order chi connectivity index (χ1) is 13.5. The minimum atomic E-state index is 0.00505. The van der Waals surface area contributed by atoms with Crippen LogP contribution < -0.4 is 5.32 Å². The summed E-state index contributed by atoms with van der Waals surface area (Å²) in [6.07, 6.45) is 1.25. The molecule has 6 nitrogen and oxygen atoms in total. The van der Waals surface area contributed by atoms with Crippen molar-refractivity contribution in [2.75, 3.05) is 57.7 Å². The Kier molecular flexibility index (Phi) is 7.32. The molecule has 1 atom stereocenters. The van der Waals surface area contributed by atoms with Gasteiger partial charge in [0, 0.05) is 57.5 Å². The van der Waals surface area contributed by atoms with E-state index in [4.69, 9.17) is 4.74 Å². The number of nitrogens with one attached hydrogen (secondary N) is 1. The molecule has 1 aromatic carbocycles. The van der Waals surface area contributed by atoms with E-state index in [1.807, 2.05) is 11.0 Å². The summed E-state index contributed by atoms with van der Waals surface area (Å²) in [6, 6.07) is 6.73. The lowest BCUT2D eigenvalue weighted by Gasteiger charge is -2.40. The first-order valence-electron chi connectivity index (χ1n) is 10.7. The van der Waals surface area contributed by atoms with Crippen LogP contribution in [0.5, 0.6) is 0 Å². The number of hydrogen-bond donors (Lipinski definition) is 1. The average Bonchev–Trinajstić information content (AvgIpc) is 2.70. The second kappa shape index (κ2) is 9.72. The number of anilines is 1. The van der Waals surface area contributed by atoms with Gasteiger partial charge in [0.05, 0.1) is 12.7 Å². The van der Waals surface area contributed by atoms with Crippen LogP contribution in [0.25, 0.3) is 0 Å². The standard InChI is InChI=1S/C22H36N4O2/c1-5-19-14-20(7-6-18(19)4)23-22(27)25-10-8-24(9-11-25)15-21-16-26(17(2)3)12-13-28-21/h6-7,14,17,21H,5,8-13,15-16H2,1-4H3,(H,23,27). The molecule has 2 fully saturated rings. The number of aryl methyl sites for hydroxylation is 2. The summed E-state index contributed by atoms with van der Waals surface area (Å²) in [6.45, 7) is 15.9. The van der Waals surface area contributed by atoms with Crippen LogP contribution in [-0.2, 0) is 11.2 Å². The van der Waals surface area contributed by atoms with Crippen molar-refractivity contribution >= 4 is 11.7 Å². The van der Waals surface area contributed by atoms with Gasteiger partial charge in [0.15, 0.2) is 0 Å².